The van der Waals surface area contributed by atoms with Gasteiger partial charge in [0.05, 0.1) is 12.9 Å². The molecule has 3 heterocycles. The van der Waals surface area contributed by atoms with E-state index in [1.807, 2.05) is 13.8 Å². The predicted octanol–water partition coefficient (Wildman–Crippen LogP) is 4.25. The molecule has 2 aromatic carbocycles. The van der Waals surface area contributed by atoms with E-state index in [-0.39, 0.29) is 22.7 Å². The van der Waals surface area contributed by atoms with Crippen LogP contribution >= 0.6 is 6.72 Å². The van der Waals surface area contributed by atoms with E-state index in [4.69, 9.17) is 35.8 Å². The SMILES string of the molecule is Cc1ccc(OP(=S)(OC[C@@]2(C(F)F)O[C@@H](n3cnc4c(=O)[nH]c(N)nc43)[C@H](O)C2(F)F)Oc2ccc(C)cc2)cc1. The highest BCUT2D eigenvalue weighted by molar-refractivity contribution is 8.07. The van der Waals surface area contributed by atoms with Gasteiger partial charge < -0.3 is 24.6 Å². The van der Waals surface area contributed by atoms with Crippen LogP contribution in [-0.4, -0.2) is 55.3 Å². The summed E-state index contributed by atoms with van der Waals surface area (Å²) in [6.07, 6.45) is -8.11. The number of nitrogens with two attached hydrogens (primary N) is 1. The quantitative estimate of drug-likeness (QED) is 0.181. The average Bonchev–Trinajstić information content (AvgIpc) is 3.43. The Morgan fingerprint density at radius 3 is 2.19 bits per heavy atom. The Bertz CT molecular complexity index is 1650. The van der Waals surface area contributed by atoms with Gasteiger partial charge in [0.15, 0.2) is 23.5 Å². The Morgan fingerprint density at radius 2 is 1.67 bits per heavy atom. The maximum Gasteiger partial charge on any atom is 0.435 e. The van der Waals surface area contributed by atoms with Crippen LogP contribution < -0.4 is 20.3 Å². The summed E-state index contributed by atoms with van der Waals surface area (Å²) in [4.78, 5) is 21.9. The number of fused-ring (bicyclic) bond motifs is 1. The van der Waals surface area contributed by atoms with E-state index in [2.05, 4.69) is 15.0 Å². The molecule has 4 N–H and O–H groups in total. The third-order valence-corrected chi connectivity index (χ3v) is 8.61. The lowest BCUT2D eigenvalue weighted by Crippen LogP contribution is -2.57. The molecule has 0 radical (unpaired) electrons. The van der Waals surface area contributed by atoms with E-state index < -0.39 is 55.1 Å². The number of aryl methyl sites for hydroxylation is 2. The van der Waals surface area contributed by atoms with Gasteiger partial charge in [0, 0.05) is 11.8 Å². The molecule has 0 bridgehead atoms. The molecule has 1 saturated heterocycles. The molecule has 1 aliphatic heterocycles. The summed E-state index contributed by atoms with van der Waals surface area (Å²) in [5, 5.41) is 10.6. The van der Waals surface area contributed by atoms with Crippen LogP contribution in [0.5, 0.6) is 11.5 Å². The minimum Gasteiger partial charge on any atom is -0.416 e. The summed E-state index contributed by atoms with van der Waals surface area (Å²) >= 11 is 5.47. The van der Waals surface area contributed by atoms with Crippen molar-refractivity contribution in [2.75, 3.05) is 12.3 Å². The number of halogens is 4. The molecule has 11 nitrogen and oxygen atoms in total. The van der Waals surface area contributed by atoms with E-state index >= 15 is 8.78 Å². The van der Waals surface area contributed by atoms with Crippen LogP contribution in [0.4, 0.5) is 23.5 Å². The standard InChI is InChI=1S/C25H24F4N5O6PS/c1-13-3-7-15(8-4-13)39-41(42,40-16-9-5-14(2)6-10-16)37-11-24(22(26)27)25(28,29)18(35)21(38-24)34-12-31-17-19(34)32-23(30)33-20(17)36/h3-10,12,18,21-22,35H,11H2,1-2H3,(H3,30,32,33,36)/t18-,21+,24-/m0/s1. The number of benzene rings is 2. The smallest absolute Gasteiger partial charge is 0.416 e. The summed E-state index contributed by atoms with van der Waals surface area (Å²) in [5.74, 6) is -4.75. The summed E-state index contributed by atoms with van der Waals surface area (Å²) in [7, 11) is 0. The largest absolute Gasteiger partial charge is 0.435 e. The van der Waals surface area contributed by atoms with Crippen LogP contribution in [0.3, 0.4) is 0 Å². The topological polar surface area (TPSA) is 147 Å². The van der Waals surface area contributed by atoms with Gasteiger partial charge in [-0.25, -0.2) is 13.8 Å². The molecule has 0 unspecified atom stereocenters. The summed E-state index contributed by atoms with van der Waals surface area (Å²) < 4.78 is 83.5. The lowest BCUT2D eigenvalue weighted by Gasteiger charge is -2.34. The van der Waals surface area contributed by atoms with Gasteiger partial charge in [0.1, 0.15) is 11.5 Å². The fourth-order valence-electron chi connectivity index (χ4n) is 4.22. The zero-order valence-corrected chi connectivity index (χ0v) is 23.6. The molecule has 1 aliphatic rings. The van der Waals surface area contributed by atoms with Gasteiger partial charge in [-0.3, -0.25) is 18.9 Å². The number of rotatable bonds is 9. The average molecular weight is 630 g/mol. The van der Waals surface area contributed by atoms with Crippen LogP contribution in [0.15, 0.2) is 59.7 Å². The molecule has 0 amide bonds. The van der Waals surface area contributed by atoms with Gasteiger partial charge in [-0.1, -0.05) is 35.4 Å². The maximum absolute atomic E-state index is 15.6. The first-order valence-corrected chi connectivity index (χ1v) is 14.8. The Hall–Kier alpha value is -3.56. The number of nitrogens with zero attached hydrogens (tertiary/aromatic N) is 3. The molecule has 224 valence electrons. The molecule has 42 heavy (non-hydrogen) atoms. The molecule has 0 aliphatic carbocycles. The highest BCUT2D eigenvalue weighted by Crippen LogP contribution is 2.56. The first kappa shape index (κ1) is 29.9. The first-order chi connectivity index (χ1) is 19.7. The van der Waals surface area contributed by atoms with Crippen LogP contribution in [0.25, 0.3) is 11.2 Å². The maximum atomic E-state index is 15.6. The lowest BCUT2D eigenvalue weighted by atomic mass is 9.95. The van der Waals surface area contributed by atoms with Crippen molar-refractivity contribution in [3.8, 4) is 11.5 Å². The Balaban J connectivity index is 1.50. The van der Waals surface area contributed by atoms with Gasteiger partial charge >= 0.3 is 12.6 Å². The van der Waals surface area contributed by atoms with Gasteiger partial charge in [0.2, 0.25) is 11.5 Å². The van der Waals surface area contributed by atoms with Crippen LogP contribution in [0, 0.1) is 13.8 Å². The van der Waals surface area contributed by atoms with Crippen LogP contribution in [0.1, 0.15) is 17.4 Å². The van der Waals surface area contributed by atoms with E-state index in [1.54, 1.807) is 24.3 Å². The van der Waals surface area contributed by atoms with Crippen molar-refractivity contribution in [3.63, 3.8) is 0 Å². The van der Waals surface area contributed by atoms with Crippen LogP contribution in [0.2, 0.25) is 0 Å². The Morgan fingerprint density at radius 1 is 1.12 bits per heavy atom. The van der Waals surface area contributed by atoms with Gasteiger partial charge in [-0.15, -0.1) is 0 Å². The fourth-order valence-corrected chi connectivity index (χ4v) is 6.15. The third kappa shape index (κ3) is 5.36. The van der Waals surface area contributed by atoms with Crippen molar-refractivity contribution >= 4 is 35.6 Å². The second-order valence-corrected chi connectivity index (χ2v) is 12.4. The number of hydrogen-bond acceptors (Lipinski definition) is 10. The van der Waals surface area contributed by atoms with Gasteiger partial charge in [-0.2, -0.15) is 13.8 Å². The number of H-pyrrole nitrogens is 1. The molecule has 0 saturated carbocycles. The van der Waals surface area contributed by atoms with Crippen molar-refractivity contribution in [1.82, 2.24) is 19.5 Å². The number of hydrogen-bond donors (Lipinski definition) is 3. The summed E-state index contributed by atoms with van der Waals surface area (Å²) in [5.41, 5.74) is 2.01. The highest BCUT2D eigenvalue weighted by atomic mass is 32.5. The van der Waals surface area contributed by atoms with Crippen molar-refractivity contribution in [3.05, 3.63) is 76.3 Å². The van der Waals surface area contributed by atoms with Crippen molar-refractivity contribution < 1.29 is 41.0 Å². The number of aliphatic hydroxyl groups excluding tert-OH is 1. The first-order valence-electron chi connectivity index (χ1n) is 12.3. The number of alkyl halides is 4. The second-order valence-electron chi connectivity index (χ2n) is 9.57. The molecule has 3 atom stereocenters. The number of aliphatic hydroxyl groups is 1. The monoisotopic (exact) mass is 629 g/mol. The lowest BCUT2D eigenvalue weighted by molar-refractivity contribution is -0.241. The predicted molar refractivity (Wildman–Crippen MR) is 146 cm³/mol. The van der Waals surface area contributed by atoms with Gasteiger partial charge in [-0.05, 0) is 38.1 Å². The molecule has 1 fully saturated rings. The van der Waals surface area contributed by atoms with E-state index in [9.17, 15) is 18.7 Å². The van der Waals surface area contributed by atoms with Crippen molar-refractivity contribution in [2.45, 2.75) is 44.1 Å². The third-order valence-electron chi connectivity index (χ3n) is 6.53. The Kier molecular flexibility index (Phi) is 7.79. The van der Waals surface area contributed by atoms with E-state index in [0.29, 0.717) is 4.57 Å². The molecular formula is C25H24F4N5O6PS. The Labute approximate surface area is 240 Å². The highest BCUT2D eigenvalue weighted by Gasteiger charge is 2.74. The summed E-state index contributed by atoms with van der Waals surface area (Å²) in [6.45, 7) is -2.05. The summed E-state index contributed by atoms with van der Waals surface area (Å²) in [6, 6.07) is 12.8. The number of nitrogens with one attached hydrogen (secondary N) is 1. The van der Waals surface area contributed by atoms with Gasteiger partial charge in [0.25, 0.3) is 12.0 Å². The number of anilines is 1. The van der Waals surface area contributed by atoms with Crippen molar-refractivity contribution in [2.24, 2.45) is 0 Å². The second kappa shape index (κ2) is 10.9. The van der Waals surface area contributed by atoms with Crippen molar-refractivity contribution in [1.29, 1.82) is 0 Å². The molecule has 4 aromatic rings. The number of nitrogen functional groups attached to an aromatic ring is 1. The minimum absolute atomic E-state index is 0.137. The molecule has 2 aromatic heterocycles. The number of ether oxygens (including phenoxy) is 1. The molecule has 0 spiro atoms. The normalized spacial score (nSPS) is 22.1. The van der Waals surface area contributed by atoms with E-state index in [0.717, 1.165) is 17.5 Å². The molecular weight excluding hydrogens is 605 g/mol. The van der Waals surface area contributed by atoms with E-state index in [1.165, 1.54) is 24.3 Å². The zero-order chi connectivity index (χ0) is 30.4. The fraction of sp³-hybridized carbons (Fsp3) is 0.320. The zero-order valence-electron chi connectivity index (χ0n) is 21.9. The molecule has 17 heteroatoms. The number of aromatic nitrogens is 4. The minimum atomic E-state index is -4.62. The van der Waals surface area contributed by atoms with Crippen LogP contribution in [-0.2, 0) is 21.1 Å². The number of aromatic amines is 1. The number of imidazole rings is 1. The molecule has 5 rings (SSSR count).